The zero-order valence-corrected chi connectivity index (χ0v) is 14.9. The van der Waals surface area contributed by atoms with Crippen LogP contribution in [0.4, 0.5) is 15.0 Å². The molecule has 1 amide bonds. The molecule has 8 heteroatoms. The maximum atomic E-state index is 14.5. The number of amides is 1. The number of piperazine rings is 1. The van der Waals surface area contributed by atoms with Crippen molar-refractivity contribution in [3.05, 3.63) is 17.4 Å². The maximum Gasteiger partial charge on any atom is 0.410 e. The van der Waals surface area contributed by atoms with Crippen LogP contribution in [0.3, 0.4) is 0 Å². The van der Waals surface area contributed by atoms with Gasteiger partial charge in [-0.3, -0.25) is 0 Å². The Hall–Kier alpha value is -2.09. The summed E-state index contributed by atoms with van der Waals surface area (Å²) in [6, 6.07) is 1.33. The van der Waals surface area contributed by atoms with Crippen molar-refractivity contribution >= 4 is 11.9 Å². The van der Waals surface area contributed by atoms with E-state index in [1.807, 2.05) is 25.7 Å². The van der Waals surface area contributed by atoms with Crippen molar-refractivity contribution in [1.82, 2.24) is 9.88 Å². The molecule has 1 unspecified atom stereocenters. The van der Waals surface area contributed by atoms with Crippen molar-refractivity contribution < 1.29 is 18.7 Å². The number of carbonyl (C=O) groups is 1. The molecule has 25 heavy (non-hydrogen) atoms. The normalized spacial score (nSPS) is 20.8. The smallest absolute Gasteiger partial charge is 0.410 e. The summed E-state index contributed by atoms with van der Waals surface area (Å²) in [5, 5.41) is 0. The number of rotatable bonds is 1. The number of hydrogen-bond donors (Lipinski definition) is 1. The highest BCUT2D eigenvalue weighted by Crippen LogP contribution is 2.29. The van der Waals surface area contributed by atoms with E-state index in [0.717, 1.165) is 0 Å². The standard InChI is InChI=1S/C17H25FN4O3/c1-17(2,3)25-16(23)22-6-4-21(5-7-22)14-13(18)9-11-8-12(19)10-24-15(11)20-14/h9,12H,4-8,10,19H2,1-3H3. The molecule has 2 N–H and O–H groups in total. The van der Waals surface area contributed by atoms with Gasteiger partial charge in [-0.25, -0.2) is 9.18 Å². The van der Waals surface area contributed by atoms with E-state index in [1.165, 1.54) is 6.07 Å². The number of nitrogens with two attached hydrogens (primary N) is 1. The molecule has 2 aliphatic rings. The number of halogens is 1. The number of carbonyl (C=O) groups excluding carboxylic acids is 1. The fourth-order valence-corrected chi connectivity index (χ4v) is 2.95. The lowest BCUT2D eigenvalue weighted by Crippen LogP contribution is -2.50. The summed E-state index contributed by atoms with van der Waals surface area (Å²) >= 11 is 0. The first-order chi connectivity index (χ1) is 11.7. The average molecular weight is 352 g/mol. The van der Waals surface area contributed by atoms with Crippen LogP contribution in [-0.4, -0.2) is 60.4 Å². The van der Waals surface area contributed by atoms with Crippen molar-refractivity contribution in [2.45, 2.75) is 38.8 Å². The van der Waals surface area contributed by atoms with E-state index < -0.39 is 5.60 Å². The zero-order chi connectivity index (χ0) is 18.2. The molecule has 3 rings (SSSR count). The number of aromatic nitrogens is 1. The van der Waals surface area contributed by atoms with Crippen molar-refractivity contribution in [3.63, 3.8) is 0 Å². The van der Waals surface area contributed by atoms with Crippen LogP contribution < -0.4 is 15.4 Å². The molecule has 1 atom stereocenters. The van der Waals surface area contributed by atoms with Gasteiger partial charge in [0.15, 0.2) is 11.6 Å². The Balaban J connectivity index is 1.66. The number of fused-ring (bicyclic) bond motifs is 1. The van der Waals surface area contributed by atoms with Gasteiger partial charge in [0.1, 0.15) is 12.2 Å². The molecular formula is C17H25FN4O3. The number of pyridine rings is 1. The highest BCUT2D eigenvalue weighted by molar-refractivity contribution is 5.68. The molecule has 0 saturated carbocycles. The summed E-state index contributed by atoms with van der Waals surface area (Å²) in [6.07, 6.45) is 0.217. The Kier molecular flexibility index (Phi) is 4.73. The zero-order valence-electron chi connectivity index (χ0n) is 14.9. The lowest BCUT2D eigenvalue weighted by Gasteiger charge is -2.36. The second-order valence-corrected chi connectivity index (χ2v) is 7.49. The minimum Gasteiger partial charge on any atom is -0.476 e. The molecule has 138 valence electrons. The molecule has 3 heterocycles. The topological polar surface area (TPSA) is 80.9 Å². The molecule has 0 aromatic carbocycles. The van der Waals surface area contributed by atoms with Gasteiger partial charge in [-0.05, 0) is 33.3 Å². The van der Waals surface area contributed by atoms with Gasteiger partial charge in [0.05, 0.1) is 0 Å². The molecule has 0 radical (unpaired) electrons. The number of nitrogens with zero attached hydrogens (tertiary/aromatic N) is 3. The van der Waals surface area contributed by atoms with Crippen LogP contribution in [0.25, 0.3) is 0 Å². The van der Waals surface area contributed by atoms with Crippen LogP contribution >= 0.6 is 0 Å². The summed E-state index contributed by atoms with van der Waals surface area (Å²) in [7, 11) is 0. The maximum absolute atomic E-state index is 14.5. The Morgan fingerprint density at radius 1 is 1.36 bits per heavy atom. The first-order valence-electron chi connectivity index (χ1n) is 8.53. The molecule has 0 aliphatic carbocycles. The first kappa shape index (κ1) is 17.7. The number of ether oxygens (including phenoxy) is 2. The Morgan fingerprint density at radius 2 is 2.04 bits per heavy atom. The van der Waals surface area contributed by atoms with Gasteiger partial charge in [-0.15, -0.1) is 0 Å². The third kappa shape index (κ3) is 4.12. The van der Waals surface area contributed by atoms with E-state index in [4.69, 9.17) is 15.2 Å². The van der Waals surface area contributed by atoms with Crippen molar-refractivity contribution in [3.8, 4) is 5.88 Å². The molecular weight excluding hydrogens is 327 g/mol. The minimum absolute atomic E-state index is 0.128. The monoisotopic (exact) mass is 352 g/mol. The van der Waals surface area contributed by atoms with Crippen LogP contribution in [0, 0.1) is 5.82 Å². The highest BCUT2D eigenvalue weighted by Gasteiger charge is 2.29. The van der Waals surface area contributed by atoms with Gasteiger partial charge in [-0.2, -0.15) is 4.98 Å². The fourth-order valence-electron chi connectivity index (χ4n) is 2.95. The molecule has 1 aromatic rings. The summed E-state index contributed by atoms with van der Waals surface area (Å²) in [5.41, 5.74) is 6.00. The van der Waals surface area contributed by atoms with Crippen molar-refractivity contribution in [1.29, 1.82) is 0 Å². The van der Waals surface area contributed by atoms with E-state index in [2.05, 4.69) is 4.98 Å². The summed E-state index contributed by atoms with van der Waals surface area (Å²) in [6.45, 7) is 7.77. The van der Waals surface area contributed by atoms with Crippen molar-refractivity contribution in [2.24, 2.45) is 5.73 Å². The molecule has 0 spiro atoms. The molecule has 2 aliphatic heterocycles. The van der Waals surface area contributed by atoms with E-state index in [1.54, 1.807) is 4.90 Å². The third-order valence-electron chi connectivity index (χ3n) is 4.14. The van der Waals surface area contributed by atoms with Gasteiger partial charge < -0.3 is 25.0 Å². The van der Waals surface area contributed by atoms with E-state index >= 15 is 0 Å². The lowest BCUT2D eigenvalue weighted by atomic mass is 10.1. The van der Waals surface area contributed by atoms with Gasteiger partial charge in [0, 0.05) is 37.8 Å². The Labute approximate surface area is 146 Å². The lowest BCUT2D eigenvalue weighted by molar-refractivity contribution is 0.0240. The second kappa shape index (κ2) is 6.67. The Bertz CT molecular complexity index is 654. The second-order valence-electron chi connectivity index (χ2n) is 7.49. The molecule has 1 aromatic heterocycles. The first-order valence-corrected chi connectivity index (χ1v) is 8.53. The molecule has 7 nitrogen and oxygen atoms in total. The van der Waals surface area contributed by atoms with Gasteiger partial charge in [-0.1, -0.05) is 0 Å². The number of hydrogen-bond acceptors (Lipinski definition) is 6. The quantitative estimate of drug-likeness (QED) is 0.826. The Morgan fingerprint density at radius 3 is 2.68 bits per heavy atom. The van der Waals surface area contributed by atoms with E-state index in [-0.39, 0.29) is 23.8 Å². The third-order valence-corrected chi connectivity index (χ3v) is 4.14. The predicted octanol–water partition coefficient (Wildman–Crippen LogP) is 1.54. The van der Waals surface area contributed by atoms with Crippen LogP contribution in [0.5, 0.6) is 5.88 Å². The average Bonchev–Trinajstić information content (AvgIpc) is 2.52. The largest absolute Gasteiger partial charge is 0.476 e. The SMILES string of the molecule is CC(C)(C)OC(=O)N1CCN(c2nc3c(cc2F)CC(N)CO3)CC1. The van der Waals surface area contributed by atoms with Crippen LogP contribution in [-0.2, 0) is 11.2 Å². The molecule has 1 fully saturated rings. The van der Waals surface area contributed by atoms with Gasteiger partial charge in [0.2, 0.25) is 5.88 Å². The highest BCUT2D eigenvalue weighted by atomic mass is 19.1. The van der Waals surface area contributed by atoms with Crippen LogP contribution in [0.2, 0.25) is 0 Å². The molecule has 0 bridgehead atoms. The van der Waals surface area contributed by atoms with E-state index in [9.17, 15) is 9.18 Å². The summed E-state index contributed by atoms with van der Waals surface area (Å²) in [5.74, 6) is 0.327. The summed E-state index contributed by atoms with van der Waals surface area (Å²) < 4.78 is 25.4. The fraction of sp³-hybridized carbons (Fsp3) is 0.647. The van der Waals surface area contributed by atoms with E-state index in [0.29, 0.717) is 50.7 Å². The van der Waals surface area contributed by atoms with Crippen molar-refractivity contribution in [2.75, 3.05) is 37.7 Å². The van der Waals surface area contributed by atoms with Crippen LogP contribution in [0.1, 0.15) is 26.3 Å². The number of anilines is 1. The predicted molar refractivity (Wildman–Crippen MR) is 91.4 cm³/mol. The van der Waals surface area contributed by atoms with Gasteiger partial charge in [0.25, 0.3) is 0 Å². The molecule has 1 saturated heterocycles. The van der Waals surface area contributed by atoms with Gasteiger partial charge >= 0.3 is 6.09 Å². The minimum atomic E-state index is -0.529. The summed E-state index contributed by atoms with van der Waals surface area (Å²) in [4.78, 5) is 19.9. The van der Waals surface area contributed by atoms with Crippen LogP contribution in [0.15, 0.2) is 6.07 Å².